The van der Waals surface area contributed by atoms with Crippen LogP contribution in [-0.4, -0.2) is 31.2 Å². The van der Waals surface area contributed by atoms with Gasteiger partial charge in [-0.2, -0.15) is 0 Å². The molecular weight excluding hydrogens is 192 g/mol. The summed E-state index contributed by atoms with van der Waals surface area (Å²) in [4.78, 5) is 0. The monoisotopic (exact) mass is 216 g/mol. The first kappa shape index (κ1) is 12.9. The van der Waals surface area contributed by atoms with Gasteiger partial charge in [-0.15, -0.1) is 0 Å². The molecule has 0 radical (unpaired) electrons. The molecule has 1 fully saturated rings. The Hall–Kier alpha value is -0.120. The van der Waals surface area contributed by atoms with Crippen LogP contribution < -0.4 is 0 Å². The maximum Gasteiger partial charge on any atom is 0.157 e. The molecule has 1 unspecified atom stereocenters. The molecule has 1 N–H and O–H groups in total. The SMILES string of the molecule is CC(CCCO)CCC1OCC(C)CO1. The molecule has 0 amide bonds. The molecule has 0 aromatic heterocycles. The molecule has 3 nitrogen and oxygen atoms in total. The molecule has 3 heteroatoms. The van der Waals surface area contributed by atoms with E-state index in [4.69, 9.17) is 14.6 Å². The smallest absolute Gasteiger partial charge is 0.157 e. The van der Waals surface area contributed by atoms with Crippen LogP contribution >= 0.6 is 0 Å². The lowest BCUT2D eigenvalue weighted by molar-refractivity contribution is -0.201. The van der Waals surface area contributed by atoms with Gasteiger partial charge in [0, 0.05) is 12.5 Å². The molecule has 1 atom stereocenters. The van der Waals surface area contributed by atoms with E-state index in [1.807, 2.05) is 0 Å². The zero-order valence-corrected chi connectivity index (χ0v) is 9.95. The summed E-state index contributed by atoms with van der Waals surface area (Å²) in [5, 5.41) is 8.71. The minimum atomic E-state index is 0.0118. The topological polar surface area (TPSA) is 38.7 Å². The third-order valence-electron chi connectivity index (χ3n) is 2.88. The van der Waals surface area contributed by atoms with Crippen molar-refractivity contribution in [2.45, 2.75) is 45.8 Å². The minimum absolute atomic E-state index is 0.0118. The van der Waals surface area contributed by atoms with Gasteiger partial charge < -0.3 is 14.6 Å². The Labute approximate surface area is 92.8 Å². The first-order chi connectivity index (χ1) is 7.22. The van der Waals surface area contributed by atoms with Gasteiger partial charge in [0.05, 0.1) is 13.2 Å². The van der Waals surface area contributed by atoms with Crippen molar-refractivity contribution in [1.29, 1.82) is 0 Å². The van der Waals surface area contributed by atoms with Gasteiger partial charge >= 0.3 is 0 Å². The van der Waals surface area contributed by atoms with E-state index in [1.165, 1.54) is 0 Å². The zero-order chi connectivity index (χ0) is 11.1. The van der Waals surface area contributed by atoms with Crippen LogP contribution in [0.15, 0.2) is 0 Å². The third kappa shape index (κ3) is 5.50. The van der Waals surface area contributed by atoms with Crippen LogP contribution in [0, 0.1) is 11.8 Å². The van der Waals surface area contributed by atoms with Gasteiger partial charge in [-0.25, -0.2) is 0 Å². The molecule has 0 bridgehead atoms. The van der Waals surface area contributed by atoms with Crippen LogP contribution in [0.1, 0.15) is 39.5 Å². The quantitative estimate of drug-likeness (QED) is 0.739. The van der Waals surface area contributed by atoms with Crippen LogP contribution in [-0.2, 0) is 9.47 Å². The Kier molecular flexibility index (Phi) is 6.22. The molecule has 0 spiro atoms. The fourth-order valence-corrected chi connectivity index (χ4v) is 1.81. The van der Waals surface area contributed by atoms with E-state index in [1.54, 1.807) is 0 Å². The lowest BCUT2D eigenvalue weighted by atomic mass is 10.00. The van der Waals surface area contributed by atoms with Crippen molar-refractivity contribution < 1.29 is 14.6 Å². The lowest BCUT2D eigenvalue weighted by Gasteiger charge is -2.28. The molecule has 90 valence electrons. The van der Waals surface area contributed by atoms with Gasteiger partial charge in [-0.3, -0.25) is 0 Å². The molecule has 1 aliphatic rings. The maximum absolute atomic E-state index is 8.71. The number of hydrogen-bond donors (Lipinski definition) is 1. The van der Waals surface area contributed by atoms with Gasteiger partial charge in [0.15, 0.2) is 6.29 Å². The molecule has 15 heavy (non-hydrogen) atoms. The Morgan fingerprint density at radius 1 is 1.27 bits per heavy atom. The van der Waals surface area contributed by atoms with Crippen LogP contribution in [0.3, 0.4) is 0 Å². The van der Waals surface area contributed by atoms with Crippen molar-refractivity contribution >= 4 is 0 Å². The highest BCUT2D eigenvalue weighted by atomic mass is 16.7. The van der Waals surface area contributed by atoms with E-state index in [2.05, 4.69) is 13.8 Å². The first-order valence-corrected chi connectivity index (χ1v) is 6.06. The van der Waals surface area contributed by atoms with Crippen molar-refractivity contribution in [3.63, 3.8) is 0 Å². The van der Waals surface area contributed by atoms with Crippen molar-refractivity contribution in [3.05, 3.63) is 0 Å². The number of hydrogen-bond acceptors (Lipinski definition) is 3. The Balaban J connectivity index is 2.04. The highest BCUT2D eigenvalue weighted by Gasteiger charge is 2.19. The second kappa shape index (κ2) is 7.20. The van der Waals surface area contributed by atoms with Crippen LogP contribution in [0.5, 0.6) is 0 Å². The van der Waals surface area contributed by atoms with Crippen molar-refractivity contribution in [2.24, 2.45) is 11.8 Å². The van der Waals surface area contributed by atoms with Crippen LogP contribution in [0.2, 0.25) is 0 Å². The Bertz CT molecular complexity index is 153. The van der Waals surface area contributed by atoms with E-state index in [9.17, 15) is 0 Å². The molecular formula is C12H24O3. The summed E-state index contributed by atoms with van der Waals surface area (Å²) in [6.45, 7) is 6.32. The lowest BCUT2D eigenvalue weighted by Crippen LogP contribution is -2.30. The van der Waals surface area contributed by atoms with E-state index < -0.39 is 0 Å². The molecule has 1 heterocycles. The highest BCUT2D eigenvalue weighted by molar-refractivity contribution is 4.61. The Morgan fingerprint density at radius 3 is 2.53 bits per heavy atom. The molecule has 0 aromatic rings. The minimum Gasteiger partial charge on any atom is -0.396 e. The van der Waals surface area contributed by atoms with Gasteiger partial charge in [0.2, 0.25) is 0 Å². The van der Waals surface area contributed by atoms with E-state index >= 15 is 0 Å². The fraction of sp³-hybridized carbons (Fsp3) is 1.00. The predicted octanol–water partition coefficient (Wildman–Crippen LogP) is 2.18. The van der Waals surface area contributed by atoms with Crippen molar-refractivity contribution in [2.75, 3.05) is 19.8 Å². The average molecular weight is 216 g/mol. The number of ether oxygens (including phenoxy) is 2. The Morgan fingerprint density at radius 2 is 1.93 bits per heavy atom. The molecule has 0 saturated carbocycles. The molecule has 1 saturated heterocycles. The summed E-state index contributed by atoms with van der Waals surface area (Å²) in [7, 11) is 0. The normalized spacial score (nSPS) is 29.0. The average Bonchev–Trinajstić information content (AvgIpc) is 2.25. The standard InChI is InChI=1S/C12H24O3/c1-10(4-3-7-13)5-6-12-14-8-11(2)9-15-12/h10-13H,3-9H2,1-2H3. The summed E-state index contributed by atoms with van der Waals surface area (Å²) in [5.74, 6) is 1.19. The second-order valence-corrected chi connectivity index (χ2v) is 4.75. The van der Waals surface area contributed by atoms with Crippen molar-refractivity contribution in [3.8, 4) is 0 Å². The summed E-state index contributed by atoms with van der Waals surface area (Å²) in [6, 6.07) is 0. The molecule has 1 aliphatic heterocycles. The van der Waals surface area contributed by atoms with Crippen LogP contribution in [0.25, 0.3) is 0 Å². The number of aliphatic hydroxyl groups is 1. The highest BCUT2D eigenvalue weighted by Crippen LogP contribution is 2.19. The molecule has 1 rings (SSSR count). The fourth-order valence-electron chi connectivity index (χ4n) is 1.81. The second-order valence-electron chi connectivity index (χ2n) is 4.75. The van der Waals surface area contributed by atoms with Gasteiger partial charge in [-0.05, 0) is 31.6 Å². The van der Waals surface area contributed by atoms with E-state index in [0.717, 1.165) is 38.9 Å². The molecule has 0 aromatic carbocycles. The maximum atomic E-state index is 8.71. The van der Waals surface area contributed by atoms with Gasteiger partial charge in [0.1, 0.15) is 0 Å². The predicted molar refractivity (Wildman–Crippen MR) is 59.6 cm³/mol. The number of rotatable bonds is 6. The zero-order valence-electron chi connectivity index (χ0n) is 9.95. The summed E-state index contributed by atoms with van der Waals surface area (Å²) >= 11 is 0. The van der Waals surface area contributed by atoms with E-state index in [-0.39, 0.29) is 6.29 Å². The summed E-state index contributed by atoms with van der Waals surface area (Å²) < 4.78 is 11.1. The first-order valence-electron chi connectivity index (χ1n) is 6.06. The van der Waals surface area contributed by atoms with Crippen LogP contribution in [0.4, 0.5) is 0 Å². The van der Waals surface area contributed by atoms with Crippen molar-refractivity contribution in [1.82, 2.24) is 0 Å². The van der Waals surface area contributed by atoms with Gasteiger partial charge in [0.25, 0.3) is 0 Å². The largest absolute Gasteiger partial charge is 0.396 e. The van der Waals surface area contributed by atoms with E-state index in [0.29, 0.717) is 18.4 Å². The summed E-state index contributed by atoms with van der Waals surface area (Å²) in [5.41, 5.74) is 0. The molecule has 0 aliphatic carbocycles. The van der Waals surface area contributed by atoms with Gasteiger partial charge in [-0.1, -0.05) is 13.8 Å². The third-order valence-corrected chi connectivity index (χ3v) is 2.88. The summed E-state index contributed by atoms with van der Waals surface area (Å²) in [6.07, 6.45) is 4.13. The number of aliphatic hydroxyl groups excluding tert-OH is 1.